The van der Waals surface area contributed by atoms with Gasteiger partial charge >= 0.3 is 0 Å². The molecule has 1 fully saturated rings. The van der Waals surface area contributed by atoms with Gasteiger partial charge < -0.3 is 16.2 Å². The Balaban J connectivity index is 1.90. The second-order valence-corrected chi connectivity index (χ2v) is 4.39. The van der Waals surface area contributed by atoms with Gasteiger partial charge in [0, 0.05) is 13.0 Å². The van der Waals surface area contributed by atoms with Crippen LogP contribution >= 0.6 is 0 Å². The minimum Gasteiger partial charge on any atom is -0.393 e. The van der Waals surface area contributed by atoms with Gasteiger partial charge in [-0.3, -0.25) is 4.79 Å². The molecular weight excluding hydrogens is 192 g/mol. The van der Waals surface area contributed by atoms with Crippen molar-refractivity contribution >= 4 is 5.91 Å². The van der Waals surface area contributed by atoms with E-state index in [-0.39, 0.29) is 12.0 Å². The number of amides is 1. The highest BCUT2D eigenvalue weighted by Crippen LogP contribution is 2.26. The maximum atomic E-state index is 11.3. The first-order valence-corrected chi connectivity index (χ1v) is 5.87. The average Bonchev–Trinajstić information content (AvgIpc) is 2.18. The fourth-order valence-corrected chi connectivity index (χ4v) is 1.82. The van der Waals surface area contributed by atoms with Gasteiger partial charge in [0.05, 0.1) is 6.10 Å². The predicted octanol–water partition coefficient (Wildman–Crippen LogP) is 0.393. The van der Waals surface area contributed by atoms with Crippen LogP contribution < -0.4 is 11.1 Å². The number of aliphatic hydroxyl groups excluding tert-OH is 1. The lowest BCUT2D eigenvalue weighted by atomic mass is 9.82. The number of carbonyl (C=O) groups excluding carboxylic acids is 1. The first-order chi connectivity index (χ1) is 7.22. The van der Waals surface area contributed by atoms with Crippen LogP contribution in [0.2, 0.25) is 0 Å². The van der Waals surface area contributed by atoms with Crippen molar-refractivity contribution in [2.24, 2.45) is 11.7 Å². The standard InChI is InChI=1S/C11H22N2O2/c12-5-3-1-2-4-11(15)13-8-9-6-10(14)7-9/h9-10,14H,1-8,12H2,(H,13,15). The quantitative estimate of drug-likeness (QED) is 0.537. The fraction of sp³-hybridized carbons (Fsp3) is 0.909. The van der Waals surface area contributed by atoms with Gasteiger partial charge in [-0.1, -0.05) is 6.42 Å². The Hall–Kier alpha value is -0.610. The fourth-order valence-electron chi connectivity index (χ4n) is 1.82. The van der Waals surface area contributed by atoms with Gasteiger partial charge in [-0.05, 0) is 38.1 Å². The zero-order chi connectivity index (χ0) is 11.1. The molecule has 0 radical (unpaired) electrons. The third kappa shape index (κ3) is 5.14. The summed E-state index contributed by atoms with van der Waals surface area (Å²) in [5, 5.41) is 12.0. The normalized spacial score (nSPS) is 24.7. The van der Waals surface area contributed by atoms with Gasteiger partial charge in [-0.2, -0.15) is 0 Å². The third-order valence-electron chi connectivity index (χ3n) is 2.91. The summed E-state index contributed by atoms with van der Waals surface area (Å²) in [6, 6.07) is 0. The van der Waals surface area contributed by atoms with Gasteiger partial charge in [0.15, 0.2) is 0 Å². The number of hydrogen-bond donors (Lipinski definition) is 3. The molecular formula is C11H22N2O2. The van der Waals surface area contributed by atoms with Gasteiger partial charge in [0.25, 0.3) is 0 Å². The van der Waals surface area contributed by atoms with E-state index in [2.05, 4.69) is 5.32 Å². The van der Waals surface area contributed by atoms with E-state index in [1.165, 1.54) is 0 Å². The lowest BCUT2D eigenvalue weighted by molar-refractivity contribution is -0.121. The molecule has 0 atom stereocenters. The molecule has 0 aliphatic heterocycles. The average molecular weight is 214 g/mol. The molecule has 0 aromatic rings. The molecule has 0 aromatic carbocycles. The molecule has 0 bridgehead atoms. The van der Waals surface area contributed by atoms with E-state index in [0.717, 1.165) is 38.6 Å². The smallest absolute Gasteiger partial charge is 0.220 e. The molecule has 1 saturated carbocycles. The molecule has 1 amide bonds. The summed E-state index contributed by atoms with van der Waals surface area (Å²) in [5.74, 6) is 0.626. The summed E-state index contributed by atoms with van der Waals surface area (Å²) < 4.78 is 0. The second-order valence-electron chi connectivity index (χ2n) is 4.39. The number of carbonyl (C=O) groups is 1. The first kappa shape index (κ1) is 12.5. The molecule has 15 heavy (non-hydrogen) atoms. The Bertz CT molecular complexity index is 191. The van der Waals surface area contributed by atoms with Gasteiger partial charge in [-0.15, -0.1) is 0 Å². The zero-order valence-corrected chi connectivity index (χ0v) is 9.24. The Kier molecular flexibility index (Phi) is 5.65. The van der Waals surface area contributed by atoms with Crippen molar-refractivity contribution in [2.45, 2.75) is 44.6 Å². The summed E-state index contributed by atoms with van der Waals surface area (Å²) >= 11 is 0. The van der Waals surface area contributed by atoms with Crippen LogP contribution in [0.25, 0.3) is 0 Å². The molecule has 1 rings (SSSR count). The van der Waals surface area contributed by atoms with Crippen molar-refractivity contribution < 1.29 is 9.90 Å². The number of unbranched alkanes of at least 4 members (excludes halogenated alkanes) is 2. The molecule has 1 aliphatic carbocycles. The monoisotopic (exact) mass is 214 g/mol. The van der Waals surface area contributed by atoms with Crippen LogP contribution in [0.1, 0.15) is 38.5 Å². The number of aliphatic hydroxyl groups is 1. The number of nitrogens with two attached hydrogens (primary N) is 1. The van der Waals surface area contributed by atoms with E-state index >= 15 is 0 Å². The first-order valence-electron chi connectivity index (χ1n) is 5.87. The van der Waals surface area contributed by atoms with Crippen molar-refractivity contribution in [1.29, 1.82) is 0 Å². The third-order valence-corrected chi connectivity index (χ3v) is 2.91. The zero-order valence-electron chi connectivity index (χ0n) is 9.24. The van der Waals surface area contributed by atoms with Crippen LogP contribution in [0.3, 0.4) is 0 Å². The maximum Gasteiger partial charge on any atom is 0.220 e. The topological polar surface area (TPSA) is 75.4 Å². The van der Waals surface area contributed by atoms with E-state index in [1.54, 1.807) is 0 Å². The highest BCUT2D eigenvalue weighted by atomic mass is 16.3. The van der Waals surface area contributed by atoms with Crippen LogP contribution in [-0.2, 0) is 4.79 Å². The van der Waals surface area contributed by atoms with E-state index in [9.17, 15) is 4.79 Å². The highest BCUT2D eigenvalue weighted by molar-refractivity contribution is 5.75. The molecule has 4 N–H and O–H groups in total. The summed E-state index contributed by atoms with van der Waals surface area (Å²) in [7, 11) is 0. The largest absolute Gasteiger partial charge is 0.393 e. The van der Waals surface area contributed by atoms with Crippen molar-refractivity contribution in [3.63, 3.8) is 0 Å². The second kappa shape index (κ2) is 6.80. The van der Waals surface area contributed by atoms with Crippen LogP contribution in [0.5, 0.6) is 0 Å². The van der Waals surface area contributed by atoms with Crippen molar-refractivity contribution in [1.82, 2.24) is 5.32 Å². The van der Waals surface area contributed by atoms with Crippen molar-refractivity contribution in [3.8, 4) is 0 Å². The number of hydrogen-bond acceptors (Lipinski definition) is 3. The minimum absolute atomic E-state index is 0.128. The molecule has 88 valence electrons. The summed E-state index contributed by atoms with van der Waals surface area (Å²) in [5.41, 5.74) is 5.36. The minimum atomic E-state index is -0.128. The van der Waals surface area contributed by atoms with Gasteiger partial charge in [0.1, 0.15) is 0 Å². The Morgan fingerprint density at radius 1 is 1.33 bits per heavy atom. The molecule has 0 aromatic heterocycles. The Morgan fingerprint density at radius 3 is 2.67 bits per heavy atom. The molecule has 0 heterocycles. The predicted molar refractivity (Wildman–Crippen MR) is 59.3 cm³/mol. The summed E-state index contributed by atoms with van der Waals surface area (Å²) in [6.45, 7) is 1.44. The lowest BCUT2D eigenvalue weighted by Crippen LogP contribution is -2.38. The SMILES string of the molecule is NCCCCCC(=O)NCC1CC(O)C1. The molecule has 0 spiro atoms. The maximum absolute atomic E-state index is 11.3. The van der Waals surface area contributed by atoms with Gasteiger partial charge in [0.2, 0.25) is 5.91 Å². The van der Waals surface area contributed by atoms with Crippen LogP contribution in [0.15, 0.2) is 0 Å². The molecule has 0 saturated heterocycles. The molecule has 0 unspecified atom stereocenters. The summed E-state index contributed by atoms with van der Waals surface area (Å²) in [6.07, 6.45) is 5.12. The Morgan fingerprint density at radius 2 is 2.07 bits per heavy atom. The van der Waals surface area contributed by atoms with Crippen LogP contribution in [-0.4, -0.2) is 30.2 Å². The van der Waals surface area contributed by atoms with Crippen molar-refractivity contribution in [2.75, 3.05) is 13.1 Å². The highest BCUT2D eigenvalue weighted by Gasteiger charge is 2.26. The molecule has 1 aliphatic rings. The molecule has 4 heteroatoms. The number of nitrogens with one attached hydrogen (secondary N) is 1. The summed E-state index contributed by atoms with van der Waals surface area (Å²) in [4.78, 5) is 11.3. The number of rotatable bonds is 7. The van der Waals surface area contributed by atoms with E-state index in [0.29, 0.717) is 18.9 Å². The van der Waals surface area contributed by atoms with E-state index < -0.39 is 0 Å². The van der Waals surface area contributed by atoms with Crippen LogP contribution in [0, 0.1) is 5.92 Å². The Labute approximate surface area is 91.2 Å². The van der Waals surface area contributed by atoms with E-state index in [4.69, 9.17) is 10.8 Å². The van der Waals surface area contributed by atoms with Crippen LogP contribution in [0.4, 0.5) is 0 Å². The van der Waals surface area contributed by atoms with Crippen molar-refractivity contribution in [3.05, 3.63) is 0 Å². The lowest BCUT2D eigenvalue weighted by Gasteiger charge is -2.31. The molecule has 4 nitrogen and oxygen atoms in total. The van der Waals surface area contributed by atoms with E-state index in [1.807, 2.05) is 0 Å². The van der Waals surface area contributed by atoms with Gasteiger partial charge in [-0.25, -0.2) is 0 Å².